The number of nitrogens with one attached hydrogen (secondary N) is 1. The van der Waals surface area contributed by atoms with Crippen molar-refractivity contribution in [3.63, 3.8) is 0 Å². The Morgan fingerprint density at radius 3 is 2.57 bits per heavy atom. The van der Waals surface area contributed by atoms with Crippen LogP contribution in [0.4, 0.5) is 11.4 Å². The third kappa shape index (κ3) is 2.78. The van der Waals surface area contributed by atoms with Crippen LogP contribution in [0.2, 0.25) is 0 Å². The second-order valence-corrected chi connectivity index (χ2v) is 5.45. The van der Waals surface area contributed by atoms with E-state index in [1.54, 1.807) is 24.3 Å². The number of H-pyrrole nitrogens is 1. The lowest BCUT2D eigenvalue weighted by Crippen LogP contribution is -1.94. The largest absolute Gasteiger partial charge is 0.493 e. The fourth-order valence-electron chi connectivity index (χ4n) is 2.51. The summed E-state index contributed by atoms with van der Waals surface area (Å²) < 4.78 is 0. The number of amides is 1. The first-order chi connectivity index (χ1) is 11.0. The molecule has 0 aliphatic rings. The molecule has 1 heterocycles. The molecule has 1 aromatic heterocycles. The SMILES string of the molecule is Cc1cc(C)c2[nH]c(O)c(N=NC(=O)c3ccc(N)cc3)c2c1. The number of fused-ring (bicyclic) bond motifs is 1. The van der Waals surface area contributed by atoms with Crippen LogP contribution in [0.15, 0.2) is 46.6 Å². The second kappa shape index (κ2) is 5.57. The van der Waals surface area contributed by atoms with E-state index in [-0.39, 0.29) is 11.6 Å². The molecule has 2 aromatic carbocycles. The molecule has 0 saturated carbocycles. The Bertz CT molecular complexity index is 924. The maximum atomic E-state index is 12.0. The van der Waals surface area contributed by atoms with Crippen LogP contribution >= 0.6 is 0 Å². The molecule has 6 nitrogen and oxygen atoms in total. The molecular weight excluding hydrogens is 292 g/mol. The number of nitrogen functional groups attached to an aromatic ring is 1. The lowest BCUT2D eigenvalue weighted by Gasteiger charge is -1.99. The van der Waals surface area contributed by atoms with Crippen LogP contribution in [0.5, 0.6) is 5.88 Å². The van der Waals surface area contributed by atoms with Gasteiger partial charge in [-0.3, -0.25) is 4.79 Å². The quantitative estimate of drug-likeness (QED) is 0.492. The molecule has 0 fully saturated rings. The van der Waals surface area contributed by atoms with E-state index in [0.717, 1.165) is 22.0 Å². The molecule has 116 valence electrons. The number of benzene rings is 2. The molecule has 0 aliphatic heterocycles. The zero-order valence-electron chi connectivity index (χ0n) is 12.8. The molecule has 4 N–H and O–H groups in total. The Balaban J connectivity index is 1.99. The highest BCUT2D eigenvalue weighted by Gasteiger charge is 2.13. The van der Waals surface area contributed by atoms with Crippen molar-refractivity contribution < 1.29 is 9.90 Å². The van der Waals surface area contributed by atoms with E-state index < -0.39 is 5.91 Å². The van der Waals surface area contributed by atoms with Crippen LogP contribution in [0.3, 0.4) is 0 Å². The first-order valence-electron chi connectivity index (χ1n) is 7.09. The minimum Gasteiger partial charge on any atom is -0.493 e. The molecule has 0 unspecified atom stereocenters. The molecule has 0 saturated heterocycles. The average molecular weight is 308 g/mol. The molecule has 0 bridgehead atoms. The summed E-state index contributed by atoms with van der Waals surface area (Å²) in [5.41, 5.74) is 9.60. The van der Waals surface area contributed by atoms with Crippen molar-refractivity contribution >= 4 is 28.2 Å². The first kappa shape index (κ1) is 14.8. The summed E-state index contributed by atoms with van der Waals surface area (Å²) in [6, 6.07) is 10.3. The minimum absolute atomic E-state index is 0.109. The summed E-state index contributed by atoms with van der Waals surface area (Å²) in [5, 5.41) is 18.4. The van der Waals surface area contributed by atoms with Gasteiger partial charge in [0.25, 0.3) is 5.91 Å². The number of aromatic hydroxyl groups is 1. The topological polar surface area (TPSA) is 104 Å². The Morgan fingerprint density at radius 2 is 1.87 bits per heavy atom. The lowest BCUT2D eigenvalue weighted by atomic mass is 10.1. The Labute approximate surface area is 132 Å². The predicted molar refractivity (Wildman–Crippen MR) is 89.1 cm³/mol. The molecule has 1 amide bonds. The highest BCUT2D eigenvalue weighted by molar-refractivity contribution is 5.98. The van der Waals surface area contributed by atoms with Crippen LogP contribution in [0, 0.1) is 13.8 Å². The van der Waals surface area contributed by atoms with Crippen LogP contribution in [0.25, 0.3) is 10.9 Å². The van der Waals surface area contributed by atoms with Crippen molar-refractivity contribution in [2.45, 2.75) is 13.8 Å². The summed E-state index contributed by atoms with van der Waals surface area (Å²) >= 11 is 0. The summed E-state index contributed by atoms with van der Waals surface area (Å²) in [7, 11) is 0. The van der Waals surface area contributed by atoms with Crippen molar-refractivity contribution in [3.8, 4) is 5.88 Å². The Hall–Kier alpha value is -3.15. The van der Waals surface area contributed by atoms with Crippen molar-refractivity contribution in [1.29, 1.82) is 0 Å². The number of hydrogen-bond donors (Lipinski definition) is 3. The van der Waals surface area contributed by atoms with E-state index in [1.165, 1.54) is 0 Å². The lowest BCUT2D eigenvalue weighted by molar-refractivity contribution is 0.0995. The summed E-state index contributed by atoms with van der Waals surface area (Å²) in [6.07, 6.45) is 0. The van der Waals surface area contributed by atoms with E-state index in [4.69, 9.17) is 5.73 Å². The van der Waals surface area contributed by atoms with Gasteiger partial charge in [0.15, 0.2) is 5.69 Å². The third-order valence-electron chi connectivity index (χ3n) is 3.60. The number of hydrogen-bond acceptors (Lipinski definition) is 4. The minimum atomic E-state index is -0.497. The number of nitrogens with two attached hydrogens (primary N) is 1. The van der Waals surface area contributed by atoms with Gasteiger partial charge in [-0.05, 0) is 49.7 Å². The molecule has 0 radical (unpaired) electrons. The van der Waals surface area contributed by atoms with Crippen molar-refractivity contribution in [2.75, 3.05) is 5.73 Å². The fraction of sp³-hybridized carbons (Fsp3) is 0.118. The number of anilines is 1. The van der Waals surface area contributed by atoms with Gasteiger partial charge in [-0.1, -0.05) is 11.6 Å². The molecular formula is C17H16N4O2. The van der Waals surface area contributed by atoms with E-state index in [0.29, 0.717) is 11.3 Å². The number of nitrogens with zero attached hydrogens (tertiary/aromatic N) is 2. The van der Waals surface area contributed by atoms with Gasteiger partial charge in [0.2, 0.25) is 5.88 Å². The second-order valence-electron chi connectivity index (χ2n) is 5.45. The van der Waals surface area contributed by atoms with Gasteiger partial charge >= 0.3 is 0 Å². The standard InChI is InChI=1S/C17H16N4O2/c1-9-7-10(2)14-13(8-9)15(17(23)19-14)20-21-16(22)11-3-5-12(18)6-4-11/h3-8,19,23H,18H2,1-2H3. The predicted octanol–water partition coefficient (Wildman–Crippen LogP) is 4.00. The molecule has 0 aliphatic carbocycles. The number of aryl methyl sites for hydroxylation is 2. The zero-order chi connectivity index (χ0) is 16.6. The van der Waals surface area contributed by atoms with Gasteiger partial charge in [-0.2, -0.15) is 0 Å². The van der Waals surface area contributed by atoms with Gasteiger partial charge in [-0.25, -0.2) is 0 Å². The van der Waals surface area contributed by atoms with Gasteiger partial charge < -0.3 is 15.8 Å². The molecule has 3 rings (SSSR count). The van der Waals surface area contributed by atoms with E-state index in [1.807, 2.05) is 26.0 Å². The van der Waals surface area contributed by atoms with E-state index in [9.17, 15) is 9.90 Å². The van der Waals surface area contributed by atoms with Gasteiger partial charge in [0.1, 0.15) is 0 Å². The molecule has 3 aromatic rings. The first-order valence-corrected chi connectivity index (χ1v) is 7.09. The number of aromatic nitrogens is 1. The normalized spacial score (nSPS) is 11.4. The van der Waals surface area contributed by atoms with Crippen molar-refractivity contribution in [3.05, 3.63) is 53.1 Å². The van der Waals surface area contributed by atoms with Crippen molar-refractivity contribution in [2.24, 2.45) is 10.2 Å². The van der Waals surface area contributed by atoms with E-state index in [2.05, 4.69) is 15.2 Å². The van der Waals surface area contributed by atoms with Crippen molar-refractivity contribution in [1.82, 2.24) is 4.98 Å². The van der Waals surface area contributed by atoms with Gasteiger partial charge in [-0.15, -0.1) is 10.2 Å². The van der Waals surface area contributed by atoms with Crippen LogP contribution in [-0.2, 0) is 0 Å². The summed E-state index contributed by atoms with van der Waals surface area (Å²) in [4.78, 5) is 14.9. The Morgan fingerprint density at radius 1 is 1.17 bits per heavy atom. The number of azo groups is 1. The maximum Gasteiger partial charge on any atom is 0.295 e. The number of rotatable bonds is 2. The maximum absolute atomic E-state index is 12.0. The van der Waals surface area contributed by atoms with E-state index >= 15 is 0 Å². The highest BCUT2D eigenvalue weighted by Crippen LogP contribution is 2.37. The summed E-state index contributed by atoms with van der Waals surface area (Å²) in [6.45, 7) is 3.89. The Kier molecular flexibility index (Phi) is 3.57. The zero-order valence-corrected chi connectivity index (χ0v) is 12.8. The summed E-state index contributed by atoms with van der Waals surface area (Å²) in [5.74, 6) is -0.606. The fourth-order valence-corrected chi connectivity index (χ4v) is 2.51. The van der Waals surface area contributed by atoms with Gasteiger partial charge in [0, 0.05) is 16.6 Å². The average Bonchev–Trinajstić information content (AvgIpc) is 2.82. The third-order valence-corrected chi connectivity index (χ3v) is 3.60. The number of aromatic amines is 1. The molecule has 23 heavy (non-hydrogen) atoms. The van der Waals surface area contributed by atoms with Crippen LogP contribution < -0.4 is 5.73 Å². The molecule has 0 spiro atoms. The van der Waals surface area contributed by atoms with Crippen LogP contribution in [-0.4, -0.2) is 16.0 Å². The van der Waals surface area contributed by atoms with Crippen LogP contribution in [0.1, 0.15) is 21.5 Å². The monoisotopic (exact) mass is 308 g/mol. The smallest absolute Gasteiger partial charge is 0.295 e. The number of carbonyl (C=O) groups is 1. The molecule has 0 atom stereocenters. The molecule has 6 heteroatoms. The van der Waals surface area contributed by atoms with Gasteiger partial charge in [0.05, 0.1) is 5.52 Å². The number of carbonyl (C=O) groups excluding carboxylic acids is 1. The highest BCUT2D eigenvalue weighted by atomic mass is 16.3.